The monoisotopic (exact) mass is 146 g/mol. The Morgan fingerprint density at radius 3 is 2.20 bits per heavy atom. The minimum absolute atomic E-state index is 0.0231. The summed E-state index contributed by atoms with van der Waals surface area (Å²) in [5.74, 6) is -2.20. The van der Waals surface area contributed by atoms with Crippen LogP contribution in [0.5, 0.6) is 0 Å². The molecule has 0 aromatic heterocycles. The Balaban J connectivity index is 3.49. The molecule has 0 rings (SSSR count). The van der Waals surface area contributed by atoms with E-state index in [-0.39, 0.29) is 12.8 Å². The molecule has 5 heteroatoms. The summed E-state index contributed by atoms with van der Waals surface area (Å²) in [6, 6.07) is -1.06. The zero-order valence-electron chi connectivity index (χ0n) is 5.28. The number of carboxylic acids is 2. The van der Waals surface area contributed by atoms with Gasteiger partial charge in [0.1, 0.15) is 6.04 Å². The normalized spacial score (nSPS) is 12.5. The number of nitrogens with two attached hydrogens (primary N) is 1. The lowest BCUT2D eigenvalue weighted by Crippen LogP contribution is -2.30. The maximum atomic E-state index is 9.99. The molecule has 5 nitrogen and oxygen atoms in total. The average molecular weight is 146 g/mol. The largest absolute Gasteiger partial charge is 0.481 e. The van der Waals surface area contributed by atoms with Gasteiger partial charge in [-0.3, -0.25) is 9.59 Å². The molecule has 1 atom stereocenters. The number of hydrogen-bond acceptors (Lipinski definition) is 3. The molecule has 0 saturated carbocycles. The first-order chi connectivity index (χ1) is 4.54. The maximum Gasteiger partial charge on any atom is 0.320 e. The van der Waals surface area contributed by atoms with Crippen LogP contribution in [0.1, 0.15) is 12.8 Å². The highest BCUT2D eigenvalue weighted by atomic mass is 16.4. The number of carboxylic acid groups (broad SMARTS) is 2. The smallest absolute Gasteiger partial charge is 0.320 e. The Labute approximate surface area is 57.5 Å². The van der Waals surface area contributed by atoms with E-state index in [9.17, 15) is 9.59 Å². The topological polar surface area (TPSA) is 101 Å². The second-order valence-corrected chi connectivity index (χ2v) is 1.88. The van der Waals surface area contributed by atoms with Crippen molar-refractivity contribution in [2.75, 3.05) is 0 Å². The number of aliphatic carboxylic acids is 2. The summed E-state index contributed by atoms with van der Waals surface area (Å²) in [5, 5.41) is 16.3. The van der Waals surface area contributed by atoms with Crippen molar-refractivity contribution < 1.29 is 19.8 Å². The zero-order valence-corrected chi connectivity index (χ0v) is 5.28. The Morgan fingerprint density at radius 2 is 1.90 bits per heavy atom. The molecule has 0 aliphatic rings. The van der Waals surface area contributed by atoms with Crippen molar-refractivity contribution in [2.24, 2.45) is 5.73 Å². The third-order valence-corrected chi connectivity index (χ3v) is 0.986. The molecule has 58 valence electrons. The molecule has 0 spiro atoms. The molecular formula is C5H9NO4. The highest BCUT2D eigenvalue weighted by molar-refractivity contribution is 5.74. The van der Waals surface area contributed by atoms with Gasteiger partial charge in [-0.25, -0.2) is 0 Å². The van der Waals surface area contributed by atoms with Gasteiger partial charge in [-0.1, -0.05) is 0 Å². The van der Waals surface area contributed by atoms with Crippen molar-refractivity contribution in [3.8, 4) is 0 Å². The average Bonchev–Trinajstić information content (AvgIpc) is 1.82. The van der Waals surface area contributed by atoms with Crippen molar-refractivity contribution in [3.05, 3.63) is 0 Å². The van der Waals surface area contributed by atoms with Gasteiger partial charge in [0.15, 0.2) is 0 Å². The third kappa shape index (κ3) is 3.85. The SMILES string of the molecule is [13NH2]C(CCC(=O)O)C(=O)O. The summed E-state index contributed by atoms with van der Waals surface area (Å²) in [7, 11) is 0. The van der Waals surface area contributed by atoms with E-state index in [4.69, 9.17) is 15.9 Å². The van der Waals surface area contributed by atoms with Crippen LogP contribution >= 0.6 is 0 Å². The molecule has 0 heterocycles. The van der Waals surface area contributed by atoms with Crippen molar-refractivity contribution in [1.29, 1.82) is 0 Å². The molecule has 10 heavy (non-hydrogen) atoms. The van der Waals surface area contributed by atoms with Crippen LogP contribution in [0, 0.1) is 0 Å². The molecule has 0 saturated heterocycles. The van der Waals surface area contributed by atoms with Crippen molar-refractivity contribution in [3.63, 3.8) is 0 Å². The lowest BCUT2D eigenvalue weighted by Gasteiger charge is -2.01. The van der Waals surface area contributed by atoms with Crippen LogP contribution in [0.4, 0.5) is 0 Å². The fraction of sp³-hybridized carbons (Fsp3) is 0.600. The van der Waals surface area contributed by atoms with Gasteiger partial charge in [0.25, 0.3) is 0 Å². The van der Waals surface area contributed by atoms with Crippen molar-refractivity contribution >= 4 is 11.9 Å². The fourth-order valence-corrected chi connectivity index (χ4v) is 0.402. The number of hydrogen-bond donors (Lipinski definition) is 3. The molecule has 0 aliphatic carbocycles. The van der Waals surface area contributed by atoms with Crippen molar-refractivity contribution in [2.45, 2.75) is 18.9 Å². The van der Waals surface area contributed by atoms with Gasteiger partial charge in [0, 0.05) is 6.42 Å². The Hall–Kier alpha value is -1.10. The first-order valence-electron chi connectivity index (χ1n) is 2.74. The molecular weight excluding hydrogens is 137 g/mol. The van der Waals surface area contributed by atoms with Gasteiger partial charge in [-0.15, -0.1) is 0 Å². The standard InChI is InChI=1S/C5H9NO4/c6-3(5(9)10)1-2-4(7)8/h3H,1-2,6H2,(H,7,8)(H,9,10)/i6-1. The molecule has 1 unspecified atom stereocenters. The van der Waals surface area contributed by atoms with Crippen molar-refractivity contribution in [1.82, 2.24) is 0 Å². The van der Waals surface area contributed by atoms with E-state index in [2.05, 4.69) is 0 Å². The Bertz CT molecular complexity index is 145. The van der Waals surface area contributed by atoms with Gasteiger partial charge >= 0.3 is 11.9 Å². The predicted molar refractivity (Wildman–Crippen MR) is 32.5 cm³/mol. The first kappa shape index (κ1) is 8.90. The summed E-state index contributed by atoms with van der Waals surface area (Å²) >= 11 is 0. The molecule has 0 fully saturated rings. The van der Waals surface area contributed by atoms with E-state index < -0.39 is 18.0 Å². The van der Waals surface area contributed by atoms with Gasteiger partial charge in [0.05, 0.1) is 0 Å². The summed E-state index contributed by atoms with van der Waals surface area (Å²) in [4.78, 5) is 19.9. The van der Waals surface area contributed by atoms with E-state index in [1.165, 1.54) is 0 Å². The van der Waals surface area contributed by atoms with Crippen LogP contribution in [0.25, 0.3) is 0 Å². The van der Waals surface area contributed by atoms with Crippen LogP contribution in [0.3, 0.4) is 0 Å². The second kappa shape index (κ2) is 3.84. The first-order valence-corrected chi connectivity index (χ1v) is 2.74. The van der Waals surface area contributed by atoms with Gasteiger partial charge in [0.2, 0.25) is 0 Å². The number of carbonyl (C=O) groups is 2. The van der Waals surface area contributed by atoms with Crippen LogP contribution in [-0.4, -0.2) is 28.2 Å². The Kier molecular flexibility index (Phi) is 3.42. The second-order valence-electron chi connectivity index (χ2n) is 1.88. The maximum absolute atomic E-state index is 9.99. The molecule has 4 N–H and O–H groups in total. The highest BCUT2D eigenvalue weighted by Crippen LogP contribution is 1.93. The summed E-state index contributed by atoms with van der Waals surface area (Å²) in [6.07, 6.45) is -0.224. The Morgan fingerprint density at radius 1 is 1.40 bits per heavy atom. The molecule has 0 radical (unpaired) electrons. The van der Waals surface area contributed by atoms with E-state index in [0.717, 1.165) is 0 Å². The predicted octanol–water partition coefficient (Wildman–Crippen LogP) is -0.737. The molecule has 0 aliphatic heterocycles. The van der Waals surface area contributed by atoms with Crippen LogP contribution in [0.15, 0.2) is 0 Å². The number of rotatable bonds is 4. The van der Waals surface area contributed by atoms with Crippen LogP contribution < -0.4 is 5.73 Å². The van der Waals surface area contributed by atoms with Gasteiger partial charge < -0.3 is 15.9 Å². The summed E-state index contributed by atoms with van der Waals surface area (Å²) in [6.45, 7) is 0. The zero-order chi connectivity index (χ0) is 8.15. The molecule has 0 amide bonds. The minimum Gasteiger partial charge on any atom is -0.481 e. The van der Waals surface area contributed by atoms with Crippen LogP contribution in [-0.2, 0) is 9.59 Å². The minimum atomic E-state index is -1.17. The third-order valence-electron chi connectivity index (χ3n) is 0.986. The summed E-state index contributed by atoms with van der Waals surface area (Å²) in [5.41, 5.74) is 5.00. The van der Waals surface area contributed by atoms with E-state index >= 15 is 0 Å². The molecule has 0 bridgehead atoms. The highest BCUT2D eigenvalue weighted by Gasteiger charge is 2.12. The van der Waals surface area contributed by atoms with Gasteiger partial charge in [-0.2, -0.15) is 0 Å². The lowest BCUT2D eigenvalue weighted by molar-refractivity contribution is -0.139. The molecule has 0 aromatic rings. The quantitative estimate of drug-likeness (QED) is 0.485. The van der Waals surface area contributed by atoms with E-state index in [1.54, 1.807) is 0 Å². The molecule has 0 aromatic carbocycles. The summed E-state index contributed by atoms with van der Waals surface area (Å²) < 4.78 is 0. The fourth-order valence-electron chi connectivity index (χ4n) is 0.402. The van der Waals surface area contributed by atoms with Gasteiger partial charge in [-0.05, 0) is 6.42 Å². The van der Waals surface area contributed by atoms with E-state index in [0.29, 0.717) is 0 Å². The van der Waals surface area contributed by atoms with Crippen LogP contribution in [0.2, 0.25) is 0 Å². The lowest BCUT2D eigenvalue weighted by atomic mass is 10.1. The van der Waals surface area contributed by atoms with E-state index in [1.807, 2.05) is 0 Å².